The molecule has 1 saturated heterocycles. The Morgan fingerprint density at radius 2 is 2.14 bits per heavy atom. The number of nitrogens with two attached hydrogens (primary N) is 2. The minimum Gasteiger partial charge on any atom is -0.390 e. The first-order valence-corrected chi connectivity index (χ1v) is 8.02. The molecule has 0 bridgehead atoms. The second kappa shape index (κ2) is 5.78. The van der Waals surface area contributed by atoms with Crippen LogP contribution >= 0.6 is 0 Å². The molecule has 5 unspecified atom stereocenters. The van der Waals surface area contributed by atoms with Crippen LogP contribution in [0.25, 0.3) is 0 Å². The van der Waals surface area contributed by atoms with E-state index in [9.17, 15) is 15.2 Å². The number of nitrogens with zero attached hydrogens (tertiary/aromatic N) is 2. The molecule has 3 fully saturated rings. The molecule has 1 heterocycles. The van der Waals surface area contributed by atoms with Crippen molar-refractivity contribution in [1.82, 2.24) is 4.90 Å². The molecule has 7 nitrogen and oxygen atoms in total. The lowest BCUT2D eigenvalue weighted by atomic mass is 9.73. The Balaban J connectivity index is 1.80. The van der Waals surface area contributed by atoms with E-state index in [4.69, 9.17) is 11.6 Å². The summed E-state index contributed by atoms with van der Waals surface area (Å²) in [5.74, 6) is 5.34. The van der Waals surface area contributed by atoms with Crippen LogP contribution in [0.1, 0.15) is 38.5 Å². The Bertz CT molecular complexity index is 486. The number of hydrogen-bond acceptors (Lipinski definition) is 6. The average molecular weight is 308 g/mol. The van der Waals surface area contributed by atoms with Gasteiger partial charge in [-0.05, 0) is 31.6 Å². The van der Waals surface area contributed by atoms with Gasteiger partial charge in [0.15, 0.2) is 0 Å². The second-order valence-electron chi connectivity index (χ2n) is 6.96. The van der Waals surface area contributed by atoms with E-state index >= 15 is 0 Å². The molecule has 0 aromatic rings. The largest absolute Gasteiger partial charge is 0.390 e. The van der Waals surface area contributed by atoms with Gasteiger partial charge in [0.05, 0.1) is 24.8 Å². The first kappa shape index (κ1) is 15.7. The molecule has 0 radical (unpaired) electrons. The van der Waals surface area contributed by atoms with Gasteiger partial charge in [0.25, 0.3) is 0 Å². The minimum atomic E-state index is -0.864. The van der Waals surface area contributed by atoms with Crippen molar-refractivity contribution < 1.29 is 14.7 Å². The summed E-state index contributed by atoms with van der Waals surface area (Å²) in [5, 5.41) is 19.7. The molecule has 1 aliphatic heterocycles. The molecule has 1 amide bonds. The zero-order valence-corrected chi connectivity index (χ0v) is 12.6. The van der Waals surface area contributed by atoms with E-state index in [2.05, 4.69) is 10.9 Å². The molecule has 2 saturated carbocycles. The van der Waals surface area contributed by atoms with E-state index in [-0.39, 0.29) is 24.6 Å². The number of amides is 1. The van der Waals surface area contributed by atoms with Crippen molar-refractivity contribution in [2.75, 3.05) is 6.61 Å². The summed E-state index contributed by atoms with van der Waals surface area (Å²) in [4.78, 5) is 19.2. The van der Waals surface area contributed by atoms with Gasteiger partial charge in [-0.25, -0.2) is 5.90 Å². The number of piperidine rings is 1. The number of aliphatic hydroxyl groups is 1. The van der Waals surface area contributed by atoms with Crippen molar-refractivity contribution in [3.8, 4) is 6.07 Å². The monoisotopic (exact) mass is 308 g/mol. The van der Waals surface area contributed by atoms with Crippen molar-refractivity contribution in [2.24, 2.45) is 23.0 Å². The number of fused-ring (bicyclic) bond motifs is 1. The molecule has 3 aliphatic rings. The summed E-state index contributed by atoms with van der Waals surface area (Å²) in [6.07, 6.45) is 4.08. The Hall–Kier alpha value is -1.20. The number of aliphatic hydroxyl groups excluding tert-OH is 1. The number of hydrogen-bond donors (Lipinski definition) is 3. The lowest BCUT2D eigenvalue weighted by Crippen LogP contribution is -2.59. The van der Waals surface area contributed by atoms with Gasteiger partial charge in [-0.3, -0.25) is 4.79 Å². The summed E-state index contributed by atoms with van der Waals surface area (Å²) in [7, 11) is 0. The number of rotatable bonds is 5. The third-order valence-corrected chi connectivity index (χ3v) is 5.85. The highest BCUT2D eigenvalue weighted by atomic mass is 16.6. The van der Waals surface area contributed by atoms with Crippen LogP contribution in [-0.2, 0) is 9.63 Å². The minimum absolute atomic E-state index is 0.0330. The molecular formula is C15H24N4O3. The van der Waals surface area contributed by atoms with Gasteiger partial charge in [0.1, 0.15) is 6.04 Å². The van der Waals surface area contributed by atoms with Gasteiger partial charge in [-0.2, -0.15) is 5.26 Å². The summed E-state index contributed by atoms with van der Waals surface area (Å²) >= 11 is 0. The highest BCUT2D eigenvalue weighted by Gasteiger charge is 2.57. The van der Waals surface area contributed by atoms with Crippen LogP contribution in [0.15, 0.2) is 0 Å². The first-order chi connectivity index (χ1) is 10.5. The van der Waals surface area contributed by atoms with Gasteiger partial charge >= 0.3 is 0 Å². The molecule has 22 heavy (non-hydrogen) atoms. The lowest BCUT2D eigenvalue weighted by molar-refractivity contribution is -0.141. The molecule has 0 aromatic carbocycles. The van der Waals surface area contributed by atoms with Crippen LogP contribution in [0.2, 0.25) is 0 Å². The predicted octanol–water partition coefficient (Wildman–Crippen LogP) is -0.362. The molecule has 0 aromatic heterocycles. The van der Waals surface area contributed by atoms with Crippen molar-refractivity contribution in [1.29, 1.82) is 5.26 Å². The lowest BCUT2D eigenvalue weighted by Gasteiger charge is -2.40. The molecule has 5 N–H and O–H groups in total. The summed E-state index contributed by atoms with van der Waals surface area (Å²) < 4.78 is 0. The van der Waals surface area contributed by atoms with Gasteiger partial charge in [0, 0.05) is 11.5 Å². The van der Waals surface area contributed by atoms with E-state index in [0.29, 0.717) is 18.8 Å². The van der Waals surface area contributed by atoms with E-state index in [0.717, 1.165) is 25.7 Å². The Labute approximate surface area is 130 Å². The average Bonchev–Trinajstić information content (AvgIpc) is 2.97. The molecule has 2 aliphatic carbocycles. The molecule has 122 valence electrons. The van der Waals surface area contributed by atoms with Gasteiger partial charge < -0.3 is 20.6 Å². The van der Waals surface area contributed by atoms with E-state index in [1.54, 1.807) is 4.90 Å². The summed E-state index contributed by atoms with van der Waals surface area (Å²) in [5.41, 5.74) is 5.62. The highest BCUT2D eigenvalue weighted by Crippen LogP contribution is 2.50. The third-order valence-electron chi connectivity index (χ3n) is 5.85. The third kappa shape index (κ3) is 2.31. The number of carbonyl (C=O) groups is 1. The molecule has 7 heteroatoms. The second-order valence-corrected chi connectivity index (χ2v) is 6.96. The quantitative estimate of drug-likeness (QED) is 0.595. The number of likely N-dealkylation sites (tertiary alicyclic amines) is 1. The van der Waals surface area contributed by atoms with E-state index < -0.39 is 17.6 Å². The smallest absolute Gasteiger partial charge is 0.241 e. The van der Waals surface area contributed by atoms with Crippen LogP contribution in [-0.4, -0.2) is 46.7 Å². The van der Waals surface area contributed by atoms with Crippen LogP contribution in [0.3, 0.4) is 0 Å². The number of carbonyl (C=O) groups excluding carboxylic acids is 1. The Kier molecular flexibility index (Phi) is 4.12. The normalized spacial score (nSPS) is 34.8. The Morgan fingerprint density at radius 3 is 2.73 bits per heavy atom. The fourth-order valence-electron chi connectivity index (χ4n) is 4.44. The zero-order chi connectivity index (χ0) is 15.9. The first-order valence-electron chi connectivity index (χ1n) is 8.02. The standard InChI is InChI=1S/C15H24N4O3/c16-7-10-5-9-6-11(9)19(10)14(21)13(17)15(3-1-2-4-15)12(20)8-22-18/h9-13,20H,1-6,8,17-18H2. The predicted molar refractivity (Wildman–Crippen MR) is 77.8 cm³/mol. The molecule has 3 rings (SSSR count). The van der Waals surface area contributed by atoms with Crippen LogP contribution in [0, 0.1) is 22.7 Å². The maximum Gasteiger partial charge on any atom is 0.241 e. The fraction of sp³-hybridized carbons (Fsp3) is 0.867. The SMILES string of the molecule is N#CC1CC2CC2N1C(=O)C(N)C1(C(O)CON)CCCC1. The van der Waals surface area contributed by atoms with Gasteiger partial charge in [-0.15, -0.1) is 0 Å². The molecule has 0 spiro atoms. The van der Waals surface area contributed by atoms with Crippen molar-refractivity contribution >= 4 is 5.91 Å². The number of nitriles is 1. The molecular weight excluding hydrogens is 284 g/mol. The van der Waals surface area contributed by atoms with Crippen molar-refractivity contribution in [3.05, 3.63) is 0 Å². The van der Waals surface area contributed by atoms with Crippen molar-refractivity contribution in [3.63, 3.8) is 0 Å². The van der Waals surface area contributed by atoms with E-state index in [1.807, 2.05) is 0 Å². The molecule has 5 atom stereocenters. The van der Waals surface area contributed by atoms with Gasteiger partial charge in [-0.1, -0.05) is 12.8 Å². The summed E-state index contributed by atoms with van der Waals surface area (Å²) in [6, 6.07) is 1.20. The zero-order valence-electron chi connectivity index (χ0n) is 12.6. The fourth-order valence-corrected chi connectivity index (χ4v) is 4.44. The highest BCUT2D eigenvalue weighted by molar-refractivity contribution is 5.84. The van der Waals surface area contributed by atoms with Crippen molar-refractivity contribution in [2.45, 2.75) is 62.8 Å². The van der Waals surface area contributed by atoms with Crippen LogP contribution < -0.4 is 11.6 Å². The van der Waals surface area contributed by atoms with Gasteiger partial charge in [0.2, 0.25) is 5.91 Å². The van der Waals surface area contributed by atoms with Crippen LogP contribution in [0.5, 0.6) is 0 Å². The van der Waals surface area contributed by atoms with Crippen LogP contribution in [0.4, 0.5) is 0 Å². The van der Waals surface area contributed by atoms with E-state index in [1.165, 1.54) is 0 Å². The Morgan fingerprint density at radius 1 is 1.45 bits per heavy atom. The summed E-state index contributed by atoms with van der Waals surface area (Å²) in [6.45, 7) is -0.0330. The maximum absolute atomic E-state index is 12.9. The maximum atomic E-state index is 12.9. The topological polar surface area (TPSA) is 126 Å².